The molecule has 0 aliphatic rings. The van der Waals surface area contributed by atoms with Gasteiger partial charge in [-0.2, -0.15) is 0 Å². The maximum atomic E-state index is 15.8. The molecule has 0 aromatic heterocycles. The first-order valence-electron chi connectivity index (χ1n) is 27.0. The second-order valence-corrected chi connectivity index (χ2v) is 24.8. The van der Waals surface area contributed by atoms with Crippen LogP contribution in [0.4, 0.5) is 8.78 Å². The Kier molecular flexibility index (Phi) is 13.9. The number of aromatic hydroxyl groups is 2. The molecule has 0 saturated heterocycles. The Hall–Kier alpha value is -7.70. The molecule has 0 saturated carbocycles. The molecule has 0 fully saturated rings. The molecule has 0 aliphatic heterocycles. The predicted octanol–water partition coefficient (Wildman–Crippen LogP) is 19.9. The molecule has 10 aromatic rings. The summed E-state index contributed by atoms with van der Waals surface area (Å²) < 4.78 is 44.8. The molecule has 0 bridgehead atoms. The van der Waals surface area contributed by atoms with E-state index in [0.717, 1.165) is 78.2 Å². The van der Waals surface area contributed by atoms with E-state index >= 15 is 8.78 Å². The van der Waals surface area contributed by atoms with Crippen molar-refractivity contribution >= 4 is 43.1 Å². The highest BCUT2D eigenvalue weighted by atomic mass is 19.1. The van der Waals surface area contributed by atoms with E-state index in [-0.39, 0.29) is 41.0 Å². The third-order valence-electron chi connectivity index (χ3n) is 15.0. The molecule has 392 valence electrons. The van der Waals surface area contributed by atoms with Crippen LogP contribution in [-0.4, -0.2) is 23.4 Å². The zero-order valence-electron chi connectivity index (χ0n) is 46.2. The monoisotopic (exact) mass is 1020 g/mol. The average Bonchev–Trinajstić information content (AvgIpc) is 3.38. The van der Waals surface area contributed by atoms with Crippen molar-refractivity contribution in [2.75, 3.05) is 13.2 Å². The van der Waals surface area contributed by atoms with E-state index in [4.69, 9.17) is 9.47 Å². The summed E-state index contributed by atoms with van der Waals surface area (Å²) in [7, 11) is 0. The molecule has 0 atom stereocenters. The van der Waals surface area contributed by atoms with Crippen LogP contribution < -0.4 is 9.47 Å². The normalized spacial score (nSPS) is 12.5. The smallest absolute Gasteiger partial charge is 0.135 e. The fourth-order valence-electron chi connectivity index (χ4n) is 12.5. The lowest BCUT2D eigenvalue weighted by atomic mass is 9.70. The van der Waals surface area contributed by atoms with Gasteiger partial charge >= 0.3 is 0 Å². The largest absolute Gasteiger partial charge is 0.507 e. The molecule has 10 rings (SSSR count). The van der Waals surface area contributed by atoms with Crippen molar-refractivity contribution in [1.29, 1.82) is 0 Å². The Balaban J connectivity index is 1.06. The second kappa shape index (κ2) is 20.3. The molecule has 0 radical (unpaired) electrons. The molecule has 77 heavy (non-hydrogen) atoms. The Morgan fingerprint density at radius 2 is 0.870 bits per heavy atom. The van der Waals surface area contributed by atoms with Crippen LogP contribution in [0, 0.1) is 22.5 Å². The fraction of sp³-hybridized carbons (Fsp3) is 0.268. The van der Waals surface area contributed by atoms with E-state index in [1.165, 1.54) is 24.3 Å². The molecule has 0 spiro atoms. The summed E-state index contributed by atoms with van der Waals surface area (Å²) in [6.45, 7) is 22.6. The number of hydrogen-bond donors (Lipinski definition) is 2. The lowest BCUT2D eigenvalue weighted by molar-refractivity contribution is 0.237. The van der Waals surface area contributed by atoms with Gasteiger partial charge in [0.05, 0.1) is 18.8 Å². The van der Waals surface area contributed by atoms with Gasteiger partial charge in [0.25, 0.3) is 0 Å². The second-order valence-electron chi connectivity index (χ2n) is 24.8. The highest BCUT2D eigenvalue weighted by molar-refractivity contribution is 6.15. The minimum absolute atomic E-state index is 0.00167. The van der Waals surface area contributed by atoms with Crippen LogP contribution >= 0.6 is 0 Å². The zero-order valence-corrected chi connectivity index (χ0v) is 46.2. The number of phenols is 2. The maximum Gasteiger partial charge on any atom is 0.135 e. The van der Waals surface area contributed by atoms with Crippen LogP contribution in [0.2, 0.25) is 0 Å². The van der Waals surface area contributed by atoms with Crippen LogP contribution in [0.1, 0.15) is 99.6 Å². The Morgan fingerprint density at radius 3 is 1.39 bits per heavy atom. The van der Waals surface area contributed by atoms with Gasteiger partial charge in [-0.05, 0) is 149 Å². The molecule has 10 aromatic carbocycles. The summed E-state index contributed by atoms with van der Waals surface area (Å²) in [5.74, 6) is 0.0411. The first kappa shape index (κ1) is 52.7. The van der Waals surface area contributed by atoms with E-state index in [1.54, 1.807) is 12.1 Å². The molecule has 0 unspecified atom stereocenters. The molecule has 0 aliphatic carbocycles. The highest BCUT2D eigenvalue weighted by Crippen LogP contribution is 2.54. The summed E-state index contributed by atoms with van der Waals surface area (Å²) in [5.41, 5.74) is 5.87. The number of ether oxygens (including phenoxy) is 2. The van der Waals surface area contributed by atoms with E-state index < -0.39 is 17.0 Å². The van der Waals surface area contributed by atoms with Gasteiger partial charge in [-0.1, -0.05) is 178 Å². The summed E-state index contributed by atoms with van der Waals surface area (Å²) in [5, 5.41) is 33.8. The van der Waals surface area contributed by atoms with Crippen LogP contribution in [0.3, 0.4) is 0 Å². The first-order valence-corrected chi connectivity index (χ1v) is 27.0. The first-order chi connectivity index (χ1) is 36.6. The third-order valence-corrected chi connectivity index (χ3v) is 15.0. The van der Waals surface area contributed by atoms with Gasteiger partial charge < -0.3 is 19.7 Å². The standard InChI is InChI=1S/C71H70F2O4/c1-68(2,3)42-70(7,8)49-38-57(65(74)58(39-49)63-52-27-15-11-21-44(52)35-45-22-12-16-28-53(45)63)56-40-51(73)31-32-61(56)76-33-20-34-77-67-60(71(9,10)43-69(4,5)6)41-59(66(75)62(67)48-25-19-26-50(72)37-48)64-54-29-17-13-23-46(54)36-47-24-14-18-30-55(47)64/h11-19,21-32,35-41,74-75H,20,33-34,42-43H2,1-10H3. The van der Waals surface area contributed by atoms with Crippen molar-refractivity contribution in [1.82, 2.24) is 0 Å². The van der Waals surface area contributed by atoms with Crippen molar-refractivity contribution in [2.24, 2.45) is 10.8 Å². The summed E-state index contributed by atoms with van der Waals surface area (Å²) >= 11 is 0. The zero-order chi connectivity index (χ0) is 54.6. The summed E-state index contributed by atoms with van der Waals surface area (Å²) in [4.78, 5) is 0. The molecular formula is C71H70F2O4. The van der Waals surface area contributed by atoms with Crippen molar-refractivity contribution in [2.45, 2.75) is 99.3 Å². The number of benzene rings is 10. The van der Waals surface area contributed by atoms with Gasteiger partial charge in [0.1, 0.15) is 34.6 Å². The van der Waals surface area contributed by atoms with Gasteiger partial charge in [-0.15, -0.1) is 0 Å². The van der Waals surface area contributed by atoms with Gasteiger partial charge in [-0.25, -0.2) is 8.78 Å². The number of halogens is 2. The fourth-order valence-corrected chi connectivity index (χ4v) is 12.5. The quantitative estimate of drug-likeness (QED) is 0.0842. The van der Waals surface area contributed by atoms with E-state index in [2.05, 4.69) is 142 Å². The minimum Gasteiger partial charge on any atom is -0.507 e. The van der Waals surface area contributed by atoms with Crippen molar-refractivity contribution < 1.29 is 28.5 Å². The average molecular weight is 1030 g/mol. The molecule has 0 amide bonds. The number of fused-ring (bicyclic) bond motifs is 4. The van der Waals surface area contributed by atoms with Gasteiger partial charge in [0, 0.05) is 45.4 Å². The number of hydrogen-bond acceptors (Lipinski definition) is 4. The van der Waals surface area contributed by atoms with E-state index in [0.29, 0.717) is 51.3 Å². The van der Waals surface area contributed by atoms with Gasteiger partial charge in [0.15, 0.2) is 0 Å². The molecule has 2 N–H and O–H groups in total. The summed E-state index contributed by atoms with van der Waals surface area (Å²) in [6, 6.07) is 54.3. The van der Waals surface area contributed by atoms with Crippen molar-refractivity contribution in [3.63, 3.8) is 0 Å². The topological polar surface area (TPSA) is 58.9 Å². The van der Waals surface area contributed by atoms with Crippen LogP contribution in [-0.2, 0) is 10.8 Å². The third kappa shape index (κ3) is 10.7. The van der Waals surface area contributed by atoms with E-state index in [1.807, 2.05) is 60.7 Å². The molecule has 6 heteroatoms. The Bertz CT molecular complexity index is 3760. The number of phenolic OH excluding ortho intramolecular Hbond substituents is 2. The van der Waals surface area contributed by atoms with Crippen LogP contribution in [0.15, 0.2) is 170 Å². The minimum atomic E-state index is -0.493. The predicted molar refractivity (Wildman–Crippen MR) is 318 cm³/mol. The van der Waals surface area contributed by atoms with Crippen LogP contribution in [0.25, 0.3) is 87.6 Å². The molecular weight excluding hydrogens is 955 g/mol. The summed E-state index contributed by atoms with van der Waals surface area (Å²) in [6.07, 6.45) is 2.02. The molecule has 4 nitrogen and oxygen atoms in total. The number of rotatable bonds is 14. The van der Waals surface area contributed by atoms with Gasteiger partial charge in [-0.3, -0.25) is 0 Å². The van der Waals surface area contributed by atoms with Crippen LogP contribution in [0.5, 0.6) is 23.0 Å². The molecule has 0 heterocycles. The maximum absolute atomic E-state index is 15.8. The lowest BCUT2D eigenvalue weighted by Gasteiger charge is -2.35. The van der Waals surface area contributed by atoms with Crippen molar-refractivity contribution in [3.8, 4) is 67.5 Å². The Morgan fingerprint density at radius 1 is 0.403 bits per heavy atom. The SMILES string of the molecule is CC(C)(C)CC(C)(C)c1cc(-c2cc(F)ccc2OCCCOc2c(C(C)(C)CC(C)(C)C)cc(-c3c4ccccc4cc4ccccc34)c(O)c2-c2cccc(F)c2)c(O)c(-c2c3ccccc3cc3ccccc23)c1. The lowest BCUT2D eigenvalue weighted by Crippen LogP contribution is -2.26. The van der Waals surface area contributed by atoms with E-state index in [9.17, 15) is 10.2 Å². The van der Waals surface area contributed by atoms with Crippen molar-refractivity contribution in [3.05, 3.63) is 193 Å². The Labute approximate surface area is 453 Å². The highest BCUT2D eigenvalue weighted by Gasteiger charge is 2.35. The van der Waals surface area contributed by atoms with Gasteiger partial charge in [0.2, 0.25) is 0 Å².